The first-order chi connectivity index (χ1) is 5.02. The molecule has 0 saturated carbocycles. The van der Waals surface area contributed by atoms with E-state index in [0.29, 0.717) is 0 Å². The van der Waals surface area contributed by atoms with Crippen LogP contribution in [0.3, 0.4) is 0 Å². The second-order valence-electron chi connectivity index (χ2n) is 1.93. The third-order valence-electron chi connectivity index (χ3n) is 1.13. The molecule has 1 aromatic carbocycles. The Morgan fingerprint density at radius 3 is 2.08 bits per heavy atom. The second-order valence-corrected chi connectivity index (χ2v) is 3.38. The van der Waals surface area contributed by atoms with E-state index in [-0.39, 0.29) is 51.4 Å². The molecule has 60 valence electrons. The Morgan fingerprint density at radius 1 is 1.25 bits per heavy atom. The summed E-state index contributed by atoms with van der Waals surface area (Å²) in [7, 11) is -4.16. The third kappa shape index (κ3) is 3.21. The van der Waals surface area contributed by atoms with Crippen LogP contribution in [0.1, 0.15) is 0 Å². The third-order valence-corrected chi connectivity index (χ3v) is 2.04. The van der Waals surface area contributed by atoms with Crippen molar-refractivity contribution in [3.63, 3.8) is 0 Å². The summed E-state index contributed by atoms with van der Waals surface area (Å²) < 4.78 is 33.5. The van der Waals surface area contributed by atoms with Gasteiger partial charge in [0, 0.05) is 0 Å². The minimum Gasteiger partial charge on any atom is -0.560 e. The fourth-order valence-corrected chi connectivity index (χ4v) is 1.25. The van der Waals surface area contributed by atoms with E-state index in [1.54, 1.807) is 0 Å². The van der Waals surface area contributed by atoms with E-state index in [1.165, 1.54) is 12.1 Å². The molecule has 0 saturated heterocycles. The molecular weight excluding hydrogens is 208 g/mol. The first-order valence-electron chi connectivity index (χ1n) is 2.76. The number of sulfonamides is 1. The maximum atomic E-state index is 12.6. The van der Waals surface area contributed by atoms with Crippen molar-refractivity contribution in [1.82, 2.24) is 0 Å². The van der Waals surface area contributed by atoms with Gasteiger partial charge in [-0.3, -0.25) is 0 Å². The monoisotopic (exact) mass is 213 g/mol. The second kappa shape index (κ2) is 4.80. The molecular formula is C6H5FKNO2S. The van der Waals surface area contributed by atoms with Gasteiger partial charge in [0.1, 0.15) is 15.8 Å². The molecule has 0 amide bonds. The molecule has 6 heteroatoms. The zero-order chi connectivity index (χ0) is 8.48. The molecule has 0 aliphatic carbocycles. The van der Waals surface area contributed by atoms with Gasteiger partial charge in [-0.15, -0.1) is 0 Å². The SMILES string of the molecule is [K+].[NH-]S(=O)(=O)c1ccccc1F. The quantitative estimate of drug-likeness (QED) is 0.537. The zero-order valence-corrected chi connectivity index (χ0v) is 10.4. The Labute approximate surface area is 113 Å². The van der Waals surface area contributed by atoms with Crippen molar-refractivity contribution >= 4 is 10.0 Å². The van der Waals surface area contributed by atoms with Gasteiger partial charge in [0.05, 0.1) is 4.90 Å². The van der Waals surface area contributed by atoms with Gasteiger partial charge in [0.15, 0.2) is 0 Å². The summed E-state index contributed by atoms with van der Waals surface area (Å²) >= 11 is 0. The topological polar surface area (TPSA) is 57.9 Å². The number of rotatable bonds is 1. The molecule has 1 rings (SSSR count). The van der Waals surface area contributed by atoms with Gasteiger partial charge in [0.2, 0.25) is 0 Å². The van der Waals surface area contributed by atoms with Crippen molar-refractivity contribution in [3.05, 3.63) is 35.2 Å². The molecule has 0 radical (unpaired) electrons. The fourth-order valence-electron chi connectivity index (χ4n) is 0.663. The molecule has 12 heavy (non-hydrogen) atoms. The van der Waals surface area contributed by atoms with Crippen molar-refractivity contribution < 1.29 is 64.2 Å². The molecule has 0 spiro atoms. The van der Waals surface area contributed by atoms with Crippen molar-refractivity contribution in [1.29, 1.82) is 0 Å². The van der Waals surface area contributed by atoms with Gasteiger partial charge in [-0.2, -0.15) is 0 Å². The van der Waals surface area contributed by atoms with Crippen LogP contribution in [0, 0.1) is 5.82 Å². The van der Waals surface area contributed by atoms with E-state index in [4.69, 9.17) is 5.14 Å². The van der Waals surface area contributed by atoms with Gasteiger partial charge < -0.3 is 5.14 Å². The normalized spacial score (nSPS) is 10.5. The minimum absolute atomic E-state index is 0. The summed E-state index contributed by atoms with van der Waals surface area (Å²) in [6.45, 7) is 0. The van der Waals surface area contributed by atoms with E-state index in [0.717, 1.165) is 12.1 Å². The Balaban J connectivity index is 0.00000121. The number of halogens is 1. The van der Waals surface area contributed by atoms with Crippen molar-refractivity contribution in [2.24, 2.45) is 0 Å². The molecule has 0 atom stereocenters. The molecule has 3 nitrogen and oxygen atoms in total. The predicted molar refractivity (Wildman–Crippen MR) is 37.9 cm³/mol. The molecule has 1 aromatic rings. The fraction of sp³-hybridized carbons (Fsp3) is 0. The summed E-state index contributed by atoms with van der Waals surface area (Å²) in [6, 6.07) is 4.79. The van der Waals surface area contributed by atoms with Gasteiger partial charge >= 0.3 is 51.4 Å². The van der Waals surface area contributed by atoms with Crippen molar-refractivity contribution in [2.45, 2.75) is 4.90 Å². The Kier molecular flexibility index (Phi) is 5.08. The average Bonchev–Trinajstić information content (AvgIpc) is 1.86. The molecule has 0 fully saturated rings. The van der Waals surface area contributed by atoms with Crippen LogP contribution >= 0.6 is 0 Å². The van der Waals surface area contributed by atoms with Gasteiger partial charge in [-0.25, -0.2) is 12.8 Å². The average molecular weight is 213 g/mol. The number of nitrogens with one attached hydrogen (secondary N) is 1. The summed E-state index contributed by atoms with van der Waals surface area (Å²) in [6.07, 6.45) is 0. The molecule has 0 aliphatic heterocycles. The smallest absolute Gasteiger partial charge is 0.560 e. The Morgan fingerprint density at radius 2 is 1.75 bits per heavy atom. The van der Waals surface area contributed by atoms with E-state index in [1.807, 2.05) is 0 Å². The molecule has 0 aliphatic rings. The minimum atomic E-state index is -4.16. The van der Waals surface area contributed by atoms with Crippen LogP contribution in [0.2, 0.25) is 0 Å². The maximum absolute atomic E-state index is 12.6. The van der Waals surface area contributed by atoms with E-state index < -0.39 is 20.7 Å². The largest absolute Gasteiger partial charge is 1.00 e. The molecule has 0 aromatic heterocycles. The molecule has 0 bridgehead atoms. The van der Waals surface area contributed by atoms with Crippen LogP contribution in [0.15, 0.2) is 29.2 Å². The first kappa shape index (κ1) is 12.7. The maximum Gasteiger partial charge on any atom is 1.00 e. The van der Waals surface area contributed by atoms with Crippen LogP contribution in [-0.2, 0) is 10.0 Å². The van der Waals surface area contributed by atoms with Crippen molar-refractivity contribution in [3.8, 4) is 0 Å². The van der Waals surface area contributed by atoms with E-state index in [2.05, 4.69) is 0 Å². The Hall–Kier alpha value is 0.696. The standard InChI is InChI=1S/C6H5FNO2S.K/c7-5-3-1-2-4-6(5)11(8,9)10;/h1-4H,(H-,8,9,10);/q-1;+1. The summed E-state index contributed by atoms with van der Waals surface area (Å²) in [5, 5.41) is 6.55. The molecule has 1 N–H and O–H groups in total. The van der Waals surface area contributed by atoms with Crippen LogP contribution < -0.4 is 51.4 Å². The van der Waals surface area contributed by atoms with Gasteiger partial charge in [-0.05, 0) is 12.1 Å². The van der Waals surface area contributed by atoms with Gasteiger partial charge in [0.25, 0.3) is 0 Å². The Bertz CT molecular complexity index is 366. The molecule has 0 heterocycles. The van der Waals surface area contributed by atoms with Crippen molar-refractivity contribution in [2.75, 3.05) is 0 Å². The number of hydrogen-bond donors (Lipinski definition) is 0. The van der Waals surface area contributed by atoms with Gasteiger partial charge in [-0.1, -0.05) is 12.1 Å². The molecule has 0 unspecified atom stereocenters. The summed E-state index contributed by atoms with van der Waals surface area (Å²) in [4.78, 5) is -0.583. The zero-order valence-electron chi connectivity index (χ0n) is 6.41. The van der Waals surface area contributed by atoms with Crippen LogP contribution in [-0.4, -0.2) is 8.42 Å². The van der Waals surface area contributed by atoms with Crippen LogP contribution in [0.25, 0.3) is 5.14 Å². The van der Waals surface area contributed by atoms with E-state index in [9.17, 15) is 12.8 Å². The van der Waals surface area contributed by atoms with E-state index >= 15 is 0 Å². The number of hydrogen-bond acceptors (Lipinski definition) is 2. The summed E-state index contributed by atoms with van der Waals surface area (Å²) in [5.74, 6) is -0.887. The van der Waals surface area contributed by atoms with Crippen LogP contribution in [0.5, 0.6) is 0 Å². The van der Waals surface area contributed by atoms with Crippen LogP contribution in [0.4, 0.5) is 4.39 Å². The summed E-state index contributed by atoms with van der Waals surface area (Å²) in [5.41, 5.74) is 0. The predicted octanol–water partition coefficient (Wildman–Crippen LogP) is -1.43. The number of benzene rings is 1. The first-order valence-corrected chi connectivity index (χ1v) is 4.24.